The Balaban J connectivity index is 2.19. The third kappa shape index (κ3) is 3.43. The average molecular weight is 279 g/mol. The van der Waals surface area contributed by atoms with E-state index >= 15 is 0 Å². The van der Waals surface area contributed by atoms with Crippen LogP contribution in [0.1, 0.15) is 17.0 Å². The molecule has 1 heterocycles. The van der Waals surface area contributed by atoms with Crippen LogP contribution in [0, 0.1) is 13.8 Å². The van der Waals surface area contributed by atoms with Crippen molar-refractivity contribution >= 4 is 11.6 Å². The minimum absolute atomic E-state index is 0.134. The van der Waals surface area contributed by atoms with Gasteiger partial charge in [-0.15, -0.1) is 0 Å². The Hall–Kier alpha value is -1.65. The van der Waals surface area contributed by atoms with Crippen molar-refractivity contribution in [1.82, 2.24) is 9.97 Å². The first kappa shape index (κ1) is 13.8. The van der Waals surface area contributed by atoms with E-state index in [1.807, 2.05) is 38.1 Å². The monoisotopic (exact) mass is 278 g/mol. The van der Waals surface area contributed by atoms with Gasteiger partial charge in [0.25, 0.3) is 5.88 Å². The zero-order valence-corrected chi connectivity index (χ0v) is 11.6. The van der Waals surface area contributed by atoms with Crippen molar-refractivity contribution in [3.8, 4) is 11.6 Å². The van der Waals surface area contributed by atoms with Crippen molar-refractivity contribution < 1.29 is 9.84 Å². The molecule has 0 saturated carbocycles. The van der Waals surface area contributed by atoms with E-state index in [0.717, 1.165) is 17.0 Å². The number of aromatic nitrogens is 2. The Kier molecular flexibility index (Phi) is 4.35. The number of aliphatic hydroxyl groups is 1. The van der Waals surface area contributed by atoms with Crippen LogP contribution in [0.3, 0.4) is 0 Å². The topological polar surface area (TPSA) is 55.2 Å². The van der Waals surface area contributed by atoms with Gasteiger partial charge in [-0.2, -0.15) is 0 Å². The summed E-state index contributed by atoms with van der Waals surface area (Å²) in [6.45, 7) is 3.84. The number of rotatable bonds is 4. The van der Waals surface area contributed by atoms with Crippen molar-refractivity contribution in [3.05, 3.63) is 46.4 Å². The van der Waals surface area contributed by atoms with Crippen molar-refractivity contribution in [1.29, 1.82) is 0 Å². The van der Waals surface area contributed by atoms with Crippen LogP contribution < -0.4 is 4.74 Å². The standard InChI is InChI=1S/C14H15ClN2O2/c1-9-10(2)17-14(13(15)16-9)19-12-5-3-11(4-6-12)7-8-18/h3-6,18H,7-8H2,1-2H3. The lowest BCUT2D eigenvalue weighted by Gasteiger charge is -2.08. The molecule has 5 heteroatoms. The van der Waals surface area contributed by atoms with E-state index in [1.165, 1.54) is 0 Å². The van der Waals surface area contributed by atoms with Gasteiger partial charge in [-0.1, -0.05) is 23.7 Å². The fourth-order valence-electron chi connectivity index (χ4n) is 1.59. The normalized spacial score (nSPS) is 10.5. The van der Waals surface area contributed by atoms with E-state index in [1.54, 1.807) is 0 Å². The van der Waals surface area contributed by atoms with Crippen LogP contribution in [-0.2, 0) is 6.42 Å². The molecule has 0 amide bonds. The van der Waals surface area contributed by atoms with E-state index < -0.39 is 0 Å². The molecule has 2 aromatic rings. The highest BCUT2D eigenvalue weighted by molar-refractivity contribution is 6.30. The predicted octanol–water partition coefficient (Wildman–Crippen LogP) is 3.07. The maximum absolute atomic E-state index is 8.85. The molecule has 0 saturated heterocycles. The molecule has 1 aromatic carbocycles. The molecule has 19 heavy (non-hydrogen) atoms. The van der Waals surface area contributed by atoms with Gasteiger partial charge in [-0.3, -0.25) is 0 Å². The second-order valence-corrected chi connectivity index (χ2v) is 4.57. The Morgan fingerprint density at radius 3 is 2.37 bits per heavy atom. The van der Waals surface area contributed by atoms with Gasteiger partial charge in [0.15, 0.2) is 5.15 Å². The van der Waals surface area contributed by atoms with Crippen LogP contribution in [0.5, 0.6) is 11.6 Å². The number of aliphatic hydroxyl groups excluding tert-OH is 1. The van der Waals surface area contributed by atoms with Gasteiger partial charge in [-0.25, -0.2) is 9.97 Å². The fraction of sp³-hybridized carbons (Fsp3) is 0.286. The quantitative estimate of drug-likeness (QED) is 0.934. The minimum Gasteiger partial charge on any atom is -0.436 e. The summed E-state index contributed by atoms with van der Waals surface area (Å²) in [7, 11) is 0. The second kappa shape index (κ2) is 5.99. The Morgan fingerprint density at radius 1 is 1.11 bits per heavy atom. The van der Waals surface area contributed by atoms with Crippen LogP contribution in [0.2, 0.25) is 5.15 Å². The van der Waals surface area contributed by atoms with Crippen LogP contribution in [0.15, 0.2) is 24.3 Å². The molecule has 2 rings (SSSR count). The van der Waals surface area contributed by atoms with E-state index in [4.69, 9.17) is 21.4 Å². The largest absolute Gasteiger partial charge is 0.436 e. The number of ether oxygens (including phenoxy) is 1. The van der Waals surface area contributed by atoms with Crippen LogP contribution >= 0.6 is 11.6 Å². The van der Waals surface area contributed by atoms with Gasteiger partial charge >= 0.3 is 0 Å². The Labute approximate surface area is 117 Å². The van der Waals surface area contributed by atoms with Gasteiger partial charge in [0.2, 0.25) is 0 Å². The van der Waals surface area contributed by atoms with E-state index in [9.17, 15) is 0 Å². The first-order valence-corrected chi connectivity index (χ1v) is 6.36. The summed E-state index contributed by atoms with van der Waals surface area (Å²) in [5, 5.41) is 9.10. The van der Waals surface area contributed by atoms with Gasteiger partial charge in [0.1, 0.15) is 5.75 Å². The summed E-state index contributed by atoms with van der Waals surface area (Å²) in [5.41, 5.74) is 2.62. The maximum atomic E-state index is 8.85. The van der Waals surface area contributed by atoms with Crippen molar-refractivity contribution in [2.24, 2.45) is 0 Å². The van der Waals surface area contributed by atoms with E-state index in [-0.39, 0.29) is 11.8 Å². The summed E-state index contributed by atoms with van der Waals surface area (Å²) in [6, 6.07) is 7.43. The molecule has 0 radical (unpaired) electrons. The summed E-state index contributed by atoms with van der Waals surface area (Å²) in [5.74, 6) is 0.945. The molecule has 0 bridgehead atoms. The molecule has 0 aliphatic heterocycles. The minimum atomic E-state index is 0.134. The van der Waals surface area contributed by atoms with Gasteiger partial charge in [0, 0.05) is 6.61 Å². The number of benzene rings is 1. The molecule has 0 fully saturated rings. The maximum Gasteiger partial charge on any atom is 0.257 e. The highest BCUT2D eigenvalue weighted by Crippen LogP contribution is 2.26. The average Bonchev–Trinajstić information content (AvgIpc) is 2.38. The number of aryl methyl sites for hydroxylation is 2. The smallest absolute Gasteiger partial charge is 0.257 e. The molecule has 100 valence electrons. The lowest BCUT2D eigenvalue weighted by atomic mass is 10.1. The molecule has 4 nitrogen and oxygen atoms in total. The van der Waals surface area contributed by atoms with E-state index in [0.29, 0.717) is 18.1 Å². The summed E-state index contributed by atoms with van der Waals surface area (Å²) < 4.78 is 5.61. The number of nitrogens with zero attached hydrogens (tertiary/aromatic N) is 2. The number of halogens is 1. The van der Waals surface area contributed by atoms with Gasteiger partial charge in [0.05, 0.1) is 11.4 Å². The first-order valence-electron chi connectivity index (χ1n) is 5.98. The highest BCUT2D eigenvalue weighted by Gasteiger charge is 2.09. The molecule has 1 N–H and O–H groups in total. The highest BCUT2D eigenvalue weighted by atomic mass is 35.5. The number of hydrogen-bond donors (Lipinski definition) is 1. The molecule has 0 spiro atoms. The second-order valence-electron chi connectivity index (χ2n) is 4.21. The van der Waals surface area contributed by atoms with Gasteiger partial charge in [-0.05, 0) is 38.0 Å². The molecular formula is C14H15ClN2O2. The summed E-state index contributed by atoms with van der Waals surface area (Å²) in [4.78, 5) is 8.43. The van der Waals surface area contributed by atoms with Crippen molar-refractivity contribution in [2.75, 3.05) is 6.61 Å². The Bertz CT molecular complexity index is 570. The predicted molar refractivity (Wildman–Crippen MR) is 73.8 cm³/mol. The molecule has 0 aliphatic rings. The molecule has 0 atom stereocenters. The summed E-state index contributed by atoms with van der Waals surface area (Å²) >= 11 is 6.00. The SMILES string of the molecule is Cc1nc(Cl)c(Oc2ccc(CCO)cc2)nc1C. The van der Waals surface area contributed by atoms with Crippen LogP contribution in [0.4, 0.5) is 0 Å². The molecular weight excluding hydrogens is 264 g/mol. The van der Waals surface area contributed by atoms with Crippen LogP contribution in [-0.4, -0.2) is 21.7 Å². The summed E-state index contributed by atoms with van der Waals surface area (Å²) in [6.07, 6.45) is 0.629. The lowest BCUT2D eigenvalue weighted by Crippen LogP contribution is -1.97. The molecule has 0 unspecified atom stereocenters. The third-order valence-corrected chi connectivity index (χ3v) is 3.02. The zero-order valence-electron chi connectivity index (χ0n) is 10.9. The van der Waals surface area contributed by atoms with Crippen LogP contribution in [0.25, 0.3) is 0 Å². The zero-order chi connectivity index (χ0) is 13.8. The van der Waals surface area contributed by atoms with Crippen molar-refractivity contribution in [2.45, 2.75) is 20.3 Å². The Morgan fingerprint density at radius 2 is 1.74 bits per heavy atom. The fourth-order valence-corrected chi connectivity index (χ4v) is 1.79. The first-order chi connectivity index (χ1) is 9.10. The van der Waals surface area contributed by atoms with Gasteiger partial charge < -0.3 is 9.84 Å². The third-order valence-electron chi connectivity index (χ3n) is 2.77. The molecule has 1 aromatic heterocycles. The molecule has 0 aliphatic carbocycles. The number of hydrogen-bond acceptors (Lipinski definition) is 4. The van der Waals surface area contributed by atoms with E-state index in [2.05, 4.69) is 9.97 Å². The lowest BCUT2D eigenvalue weighted by molar-refractivity contribution is 0.299. The van der Waals surface area contributed by atoms with Crippen molar-refractivity contribution in [3.63, 3.8) is 0 Å².